The quantitative estimate of drug-likeness (QED) is 0.801. The van der Waals surface area contributed by atoms with E-state index in [4.69, 9.17) is 4.74 Å². The molecular weight excluding hydrogens is 186 g/mol. The average Bonchev–Trinajstić information content (AvgIpc) is 2.45. The predicted molar refractivity (Wildman–Crippen MR) is 63.9 cm³/mol. The number of hydrogen-bond donors (Lipinski definition) is 1. The van der Waals surface area contributed by atoms with Gasteiger partial charge >= 0.3 is 0 Å². The molecule has 0 atom stereocenters. The standard InChI is InChI=1S/C13H19NO/c1-5-15-12-7-11-10(6-9(12)2)13(3,4)8-14-11/h6-7,14H,5,8H2,1-4H3. The molecule has 1 aliphatic rings. The van der Waals surface area contributed by atoms with Gasteiger partial charge in [0, 0.05) is 23.7 Å². The van der Waals surface area contributed by atoms with Crippen molar-refractivity contribution in [3.8, 4) is 5.75 Å². The third-order valence-corrected chi connectivity index (χ3v) is 3.06. The van der Waals surface area contributed by atoms with Gasteiger partial charge in [-0.3, -0.25) is 0 Å². The van der Waals surface area contributed by atoms with Gasteiger partial charge in [-0.1, -0.05) is 13.8 Å². The number of hydrogen-bond acceptors (Lipinski definition) is 2. The van der Waals surface area contributed by atoms with Crippen molar-refractivity contribution in [3.63, 3.8) is 0 Å². The summed E-state index contributed by atoms with van der Waals surface area (Å²) in [5.41, 5.74) is 4.11. The van der Waals surface area contributed by atoms with Crippen molar-refractivity contribution in [3.05, 3.63) is 23.3 Å². The molecule has 0 amide bonds. The van der Waals surface area contributed by atoms with Crippen LogP contribution in [0, 0.1) is 6.92 Å². The number of ether oxygens (including phenoxy) is 1. The van der Waals surface area contributed by atoms with E-state index in [2.05, 4.69) is 38.2 Å². The molecule has 1 aromatic rings. The summed E-state index contributed by atoms with van der Waals surface area (Å²) in [5.74, 6) is 1.00. The molecule has 0 aromatic heterocycles. The van der Waals surface area contributed by atoms with E-state index in [9.17, 15) is 0 Å². The maximum Gasteiger partial charge on any atom is 0.124 e. The molecule has 1 aliphatic heterocycles. The minimum absolute atomic E-state index is 0.241. The number of aryl methyl sites for hydroxylation is 1. The summed E-state index contributed by atoms with van der Waals surface area (Å²) in [6.07, 6.45) is 0. The van der Waals surface area contributed by atoms with Crippen LogP contribution in [0.15, 0.2) is 12.1 Å². The molecule has 0 unspecified atom stereocenters. The number of nitrogens with one attached hydrogen (secondary N) is 1. The summed E-state index contributed by atoms with van der Waals surface area (Å²) in [5, 5.41) is 3.44. The van der Waals surface area contributed by atoms with Crippen LogP contribution in [0.1, 0.15) is 31.9 Å². The Morgan fingerprint density at radius 1 is 1.40 bits per heavy atom. The Kier molecular flexibility index (Phi) is 2.37. The second-order valence-electron chi connectivity index (χ2n) is 4.83. The van der Waals surface area contributed by atoms with Crippen molar-refractivity contribution in [2.24, 2.45) is 0 Å². The topological polar surface area (TPSA) is 21.3 Å². The van der Waals surface area contributed by atoms with E-state index in [1.54, 1.807) is 0 Å². The maximum absolute atomic E-state index is 5.59. The second-order valence-corrected chi connectivity index (χ2v) is 4.83. The molecule has 2 rings (SSSR count). The fourth-order valence-corrected chi connectivity index (χ4v) is 2.12. The molecule has 82 valence electrons. The van der Waals surface area contributed by atoms with Crippen molar-refractivity contribution < 1.29 is 4.74 Å². The molecule has 1 N–H and O–H groups in total. The molecule has 0 saturated carbocycles. The lowest BCUT2D eigenvalue weighted by Crippen LogP contribution is -2.18. The molecule has 2 nitrogen and oxygen atoms in total. The monoisotopic (exact) mass is 205 g/mol. The number of fused-ring (bicyclic) bond motifs is 1. The van der Waals surface area contributed by atoms with Crippen LogP contribution in [0.4, 0.5) is 5.69 Å². The van der Waals surface area contributed by atoms with Crippen molar-refractivity contribution in [1.82, 2.24) is 0 Å². The molecule has 0 spiro atoms. The number of benzene rings is 1. The Balaban J connectivity index is 2.45. The first-order valence-electron chi connectivity index (χ1n) is 5.56. The third kappa shape index (κ3) is 1.69. The summed E-state index contributed by atoms with van der Waals surface area (Å²) in [4.78, 5) is 0. The first-order chi connectivity index (χ1) is 7.04. The Morgan fingerprint density at radius 3 is 2.80 bits per heavy atom. The Morgan fingerprint density at radius 2 is 2.13 bits per heavy atom. The van der Waals surface area contributed by atoms with Crippen LogP contribution in [0.25, 0.3) is 0 Å². The van der Waals surface area contributed by atoms with Gasteiger partial charge in [0.1, 0.15) is 5.75 Å². The van der Waals surface area contributed by atoms with Gasteiger partial charge in [0.2, 0.25) is 0 Å². The molecule has 15 heavy (non-hydrogen) atoms. The maximum atomic E-state index is 5.59. The Bertz CT molecular complexity index is 382. The fraction of sp³-hybridized carbons (Fsp3) is 0.538. The van der Waals surface area contributed by atoms with E-state index < -0.39 is 0 Å². The molecular formula is C13H19NO. The van der Waals surface area contributed by atoms with Gasteiger partial charge in [-0.25, -0.2) is 0 Å². The van der Waals surface area contributed by atoms with Crippen LogP contribution in [0.3, 0.4) is 0 Å². The third-order valence-electron chi connectivity index (χ3n) is 3.06. The molecule has 0 fully saturated rings. The summed E-state index contributed by atoms with van der Waals surface area (Å²) < 4.78 is 5.59. The first-order valence-corrected chi connectivity index (χ1v) is 5.56. The van der Waals surface area contributed by atoms with Gasteiger partial charge in [0.25, 0.3) is 0 Å². The van der Waals surface area contributed by atoms with E-state index in [-0.39, 0.29) is 5.41 Å². The van der Waals surface area contributed by atoms with E-state index in [1.165, 1.54) is 16.8 Å². The molecule has 2 heteroatoms. The Labute approximate surface area is 91.6 Å². The SMILES string of the molecule is CCOc1cc2c(cc1C)C(C)(C)CN2. The van der Waals surface area contributed by atoms with E-state index >= 15 is 0 Å². The molecule has 0 aliphatic carbocycles. The van der Waals surface area contributed by atoms with Crippen LogP contribution < -0.4 is 10.1 Å². The highest BCUT2D eigenvalue weighted by Gasteiger charge is 2.30. The number of rotatable bonds is 2. The zero-order chi connectivity index (χ0) is 11.1. The lowest BCUT2D eigenvalue weighted by Gasteiger charge is -2.18. The zero-order valence-electron chi connectivity index (χ0n) is 9.98. The molecule has 0 radical (unpaired) electrons. The van der Waals surface area contributed by atoms with Gasteiger partial charge in [0.05, 0.1) is 6.61 Å². The highest BCUT2D eigenvalue weighted by atomic mass is 16.5. The average molecular weight is 205 g/mol. The summed E-state index contributed by atoms with van der Waals surface area (Å²) >= 11 is 0. The normalized spacial score (nSPS) is 17.1. The molecule has 1 aromatic carbocycles. The van der Waals surface area contributed by atoms with Crippen LogP contribution >= 0.6 is 0 Å². The van der Waals surface area contributed by atoms with Gasteiger partial charge in [-0.05, 0) is 31.0 Å². The van der Waals surface area contributed by atoms with Gasteiger partial charge in [0.15, 0.2) is 0 Å². The predicted octanol–water partition coefficient (Wildman–Crippen LogP) is 3.10. The van der Waals surface area contributed by atoms with Crippen LogP contribution in [0.5, 0.6) is 5.75 Å². The molecule has 1 heterocycles. The minimum atomic E-state index is 0.241. The summed E-state index contributed by atoms with van der Waals surface area (Å²) in [7, 11) is 0. The fourth-order valence-electron chi connectivity index (χ4n) is 2.12. The smallest absolute Gasteiger partial charge is 0.124 e. The lowest BCUT2D eigenvalue weighted by molar-refractivity contribution is 0.338. The first kappa shape index (κ1) is 10.3. The second kappa shape index (κ2) is 3.44. The molecule has 0 saturated heterocycles. The van der Waals surface area contributed by atoms with Crippen LogP contribution in [-0.4, -0.2) is 13.2 Å². The van der Waals surface area contributed by atoms with Crippen molar-refractivity contribution in [1.29, 1.82) is 0 Å². The molecule has 0 bridgehead atoms. The van der Waals surface area contributed by atoms with Crippen molar-refractivity contribution in [2.75, 3.05) is 18.5 Å². The van der Waals surface area contributed by atoms with Crippen LogP contribution in [-0.2, 0) is 5.41 Å². The van der Waals surface area contributed by atoms with Gasteiger partial charge in [-0.15, -0.1) is 0 Å². The lowest BCUT2D eigenvalue weighted by atomic mass is 9.86. The summed E-state index contributed by atoms with van der Waals surface area (Å²) in [6, 6.07) is 4.38. The Hall–Kier alpha value is -1.18. The van der Waals surface area contributed by atoms with E-state index in [0.717, 1.165) is 18.9 Å². The van der Waals surface area contributed by atoms with Crippen LogP contribution in [0.2, 0.25) is 0 Å². The highest BCUT2D eigenvalue weighted by molar-refractivity contribution is 5.64. The highest BCUT2D eigenvalue weighted by Crippen LogP contribution is 2.39. The summed E-state index contributed by atoms with van der Waals surface area (Å²) in [6.45, 7) is 10.4. The van der Waals surface area contributed by atoms with E-state index in [0.29, 0.717) is 0 Å². The van der Waals surface area contributed by atoms with Crippen molar-refractivity contribution >= 4 is 5.69 Å². The zero-order valence-corrected chi connectivity index (χ0v) is 9.98. The number of anilines is 1. The van der Waals surface area contributed by atoms with Gasteiger partial charge in [-0.2, -0.15) is 0 Å². The largest absolute Gasteiger partial charge is 0.494 e. The van der Waals surface area contributed by atoms with Gasteiger partial charge < -0.3 is 10.1 Å². The minimum Gasteiger partial charge on any atom is -0.494 e. The van der Waals surface area contributed by atoms with E-state index in [1.807, 2.05) is 6.92 Å². The van der Waals surface area contributed by atoms with Crippen molar-refractivity contribution in [2.45, 2.75) is 33.1 Å².